The Morgan fingerprint density at radius 3 is 2.42 bits per heavy atom. The number of aliphatic carboxylic acids is 1. The van der Waals surface area contributed by atoms with Crippen LogP contribution in [0.2, 0.25) is 5.02 Å². The lowest BCUT2D eigenvalue weighted by Gasteiger charge is -2.06. The lowest BCUT2D eigenvalue weighted by molar-refractivity contribution is -0.140. The van der Waals surface area contributed by atoms with E-state index in [0.717, 1.165) is 12.1 Å². The van der Waals surface area contributed by atoms with Crippen LogP contribution in [0.5, 0.6) is 0 Å². The van der Waals surface area contributed by atoms with Crippen molar-refractivity contribution in [2.24, 2.45) is 17.3 Å². The lowest BCUT2D eigenvalue weighted by Crippen LogP contribution is -2.17. The number of rotatable bonds is 3. The standard InChI is InChI=1S/C13H13ClFNO3/c1-13(2)9(10(13)12(18)19)11(17)16-8-4-6(14)3-7(15)5-8/h3-5,9-10H,1-2H3,(H,16,17)(H,18,19)/t9-,10+/m1/s1. The van der Waals surface area contributed by atoms with E-state index in [1.54, 1.807) is 13.8 Å². The largest absolute Gasteiger partial charge is 0.481 e. The molecule has 1 amide bonds. The molecule has 0 heterocycles. The van der Waals surface area contributed by atoms with E-state index in [0.29, 0.717) is 0 Å². The van der Waals surface area contributed by atoms with Crippen LogP contribution in [0.3, 0.4) is 0 Å². The molecule has 0 spiro atoms. The Morgan fingerprint density at radius 1 is 1.32 bits per heavy atom. The molecule has 0 unspecified atom stereocenters. The summed E-state index contributed by atoms with van der Waals surface area (Å²) in [6.07, 6.45) is 0. The Hall–Kier alpha value is -1.62. The molecular formula is C13H13ClFNO3. The van der Waals surface area contributed by atoms with Crippen molar-refractivity contribution in [3.05, 3.63) is 29.0 Å². The highest BCUT2D eigenvalue weighted by Crippen LogP contribution is 2.58. The van der Waals surface area contributed by atoms with Crippen LogP contribution in [0.25, 0.3) is 0 Å². The molecule has 0 aromatic heterocycles. The fourth-order valence-corrected chi connectivity index (χ4v) is 2.66. The van der Waals surface area contributed by atoms with Crippen molar-refractivity contribution in [2.75, 3.05) is 5.32 Å². The Kier molecular flexibility index (Phi) is 3.26. The van der Waals surface area contributed by atoms with Gasteiger partial charge in [0.2, 0.25) is 5.91 Å². The molecule has 1 aliphatic carbocycles. The highest BCUT2D eigenvalue weighted by atomic mass is 35.5. The summed E-state index contributed by atoms with van der Waals surface area (Å²) >= 11 is 5.68. The number of carbonyl (C=O) groups is 2. The number of halogens is 2. The van der Waals surface area contributed by atoms with Gasteiger partial charge in [-0.05, 0) is 23.6 Å². The molecule has 4 nitrogen and oxygen atoms in total. The first kappa shape index (κ1) is 13.8. The monoisotopic (exact) mass is 285 g/mol. The van der Waals surface area contributed by atoms with E-state index in [1.807, 2.05) is 0 Å². The van der Waals surface area contributed by atoms with Gasteiger partial charge in [0.05, 0.1) is 11.8 Å². The zero-order chi connectivity index (χ0) is 14.4. The SMILES string of the molecule is CC1(C)[C@H](C(=O)O)[C@@H]1C(=O)Nc1cc(F)cc(Cl)c1. The number of anilines is 1. The van der Waals surface area contributed by atoms with Crippen LogP contribution in [-0.4, -0.2) is 17.0 Å². The average molecular weight is 286 g/mol. The molecule has 19 heavy (non-hydrogen) atoms. The first-order chi connectivity index (χ1) is 8.73. The van der Waals surface area contributed by atoms with Gasteiger partial charge in [0.1, 0.15) is 5.82 Å². The molecule has 1 aromatic rings. The maximum atomic E-state index is 13.1. The normalized spacial score (nSPS) is 23.8. The van der Waals surface area contributed by atoms with Crippen LogP contribution in [0.1, 0.15) is 13.8 Å². The van der Waals surface area contributed by atoms with Gasteiger partial charge in [0, 0.05) is 10.7 Å². The predicted octanol–water partition coefficient (Wildman–Crippen LogP) is 2.77. The number of benzene rings is 1. The van der Waals surface area contributed by atoms with E-state index >= 15 is 0 Å². The lowest BCUT2D eigenvalue weighted by atomic mass is 10.1. The summed E-state index contributed by atoms with van der Waals surface area (Å²) in [6, 6.07) is 3.67. The van der Waals surface area contributed by atoms with Gasteiger partial charge in [-0.25, -0.2) is 4.39 Å². The Bertz CT molecular complexity index is 539. The Labute approximate surface area is 114 Å². The van der Waals surface area contributed by atoms with Crippen molar-refractivity contribution in [3.63, 3.8) is 0 Å². The van der Waals surface area contributed by atoms with Crippen LogP contribution < -0.4 is 5.32 Å². The first-order valence-corrected chi connectivity index (χ1v) is 6.11. The molecule has 1 aromatic carbocycles. The van der Waals surface area contributed by atoms with Gasteiger partial charge in [0.15, 0.2) is 0 Å². The zero-order valence-electron chi connectivity index (χ0n) is 10.4. The van der Waals surface area contributed by atoms with Crippen LogP contribution in [0.15, 0.2) is 18.2 Å². The van der Waals surface area contributed by atoms with Gasteiger partial charge in [0.25, 0.3) is 0 Å². The molecule has 1 saturated carbocycles. The van der Waals surface area contributed by atoms with Crippen molar-refractivity contribution in [1.82, 2.24) is 0 Å². The number of amides is 1. The summed E-state index contributed by atoms with van der Waals surface area (Å²) in [5.41, 5.74) is -0.366. The van der Waals surface area contributed by atoms with Crippen molar-refractivity contribution in [1.29, 1.82) is 0 Å². The second-order valence-corrected chi connectivity index (χ2v) is 5.70. The summed E-state index contributed by atoms with van der Waals surface area (Å²) in [6.45, 7) is 3.43. The van der Waals surface area contributed by atoms with E-state index in [4.69, 9.17) is 16.7 Å². The molecule has 0 bridgehead atoms. The van der Waals surface area contributed by atoms with E-state index in [9.17, 15) is 14.0 Å². The minimum Gasteiger partial charge on any atom is -0.481 e. The maximum Gasteiger partial charge on any atom is 0.307 e. The molecule has 2 atom stereocenters. The smallest absolute Gasteiger partial charge is 0.307 e. The summed E-state index contributed by atoms with van der Waals surface area (Å²) in [5.74, 6) is -3.32. The summed E-state index contributed by atoms with van der Waals surface area (Å²) in [5, 5.41) is 11.7. The molecule has 1 aliphatic rings. The minimum atomic E-state index is -0.998. The van der Waals surface area contributed by atoms with Crippen molar-refractivity contribution in [2.45, 2.75) is 13.8 Å². The Balaban J connectivity index is 2.13. The number of carbonyl (C=O) groups excluding carboxylic acids is 1. The van der Waals surface area contributed by atoms with Gasteiger partial charge in [-0.3, -0.25) is 9.59 Å². The summed E-state index contributed by atoms with van der Waals surface area (Å²) in [4.78, 5) is 23.0. The number of nitrogens with one attached hydrogen (secondary N) is 1. The predicted molar refractivity (Wildman–Crippen MR) is 68.4 cm³/mol. The van der Waals surface area contributed by atoms with E-state index in [-0.39, 0.29) is 10.7 Å². The molecule has 0 aliphatic heterocycles. The first-order valence-electron chi connectivity index (χ1n) is 5.73. The molecule has 0 saturated heterocycles. The van der Waals surface area contributed by atoms with E-state index < -0.39 is 34.9 Å². The van der Waals surface area contributed by atoms with Gasteiger partial charge in [-0.1, -0.05) is 25.4 Å². The second-order valence-electron chi connectivity index (χ2n) is 5.26. The van der Waals surface area contributed by atoms with Crippen molar-refractivity contribution < 1.29 is 19.1 Å². The molecule has 6 heteroatoms. The minimum absolute atomic E-state index is 0.167. The van der Waals surface area contributed by atoms with E-state index in [2.05, 4.69) is 5.32 Å². The number of carboxylic acid groups (broad SMARTS) is 1. The van der Waals surface area contributed by atoms with Gasteiger partial charge in [-0.2, -0.15) is 0 Å². The van der Waals surface area contributed by atoms with Gasteiger partial charge in [-0.15, -0.1) is 0 Å². The number of carboxylic acids is 1. The van der Waals surface area contributed by atoms with Crippen LogP contribution in [-0.2, 0) is 9.59 Å². The number of hydrogen-bond acceptors (Lipinski definition) is 2. The molecular weight excluding hydrogens is 273 g/mol. The third-order valence-corrected chi connectivity index (χ3v) is 3.72. The zero-order valence-corrected chi connectivity index (χ0v) is 11.2. The van der Waals surface area contributed by atoms with Crippen LogP contribution in [0.4, 0.5) is 10.1 Å². The fraction of sp³-hybridized carbons (Fsp3) is 0.385. The summed E-state index contributed by atoms with van der Waals surface area (Å²) < 4.78 is 13.1. The number of hydrogen-bond donors (Lipinski definition) is 2. The Morgan fingerprint density at radius 2 is 1.95 bits per heavy atom. The molecule has 1 fully saturated rings. The third kappa shape index (κ3) is 2.56. The average Bonchev–Trinajstić information content (AvgIpc) is 2.80. The topological polar surface area (TPSA) is 66.4 Å². The van der Waals surface area contributed by atoms with Crippen molar-refractivity contribution in [3.8, 4) is 0 Å². The van der Waals surface area contributed by atoms with Crippen LogP contribution >= 0.6 is 11.6 Å². The van der Waals surface area contributed by atoms with Gasteiger partial charge < -0.3 is 10.4 Å². The second kappa shape index (κ2) is 4.49. The fourth-order valence-electron chi connectivity index (χ4n) is 2.43. The third-order valence-electron chi connectivity index (χ3n) is 3.51. The summed E-state index contributed by atoms with van der Waals surface area (Å²) in [7, 11) is 0. The van der Waals surface area contributed by atoms with Crippen molar-refractivity contribution >= 4 is 29.2 Å². The quantitative estimate of drug-likeness (QED) is 0.897. The highest BCUT2D eigenvalue weighted by molar-refractivity contribution is 6.30. The molecule has 102 valence electrons. The maximum absolute atomic E-state index is 13.1. The highest BCUT2D eigenvalue weighted by Gasteiger charge is 2.65. The van der Waals surface area contributed by atoms with Gasteiger partial charge >= 0.3 is 5.97 Å². The molecule has 0 radical (unpaired) electrons. The molecule has 2 N–H and O–H groups in total. The molecule has 2 rings (SSSR count). The van der Waals surface area contributed by atoms with Crippen LogP contribution in [0, 0.1) is 23.1 Å². The van der Waals surface area contributed by atoms with E-state index in [1.165, 1.54) is 6.07 Å².